The molecule has 0 heterocycles. The fourth-order valence-corrected chi connectivity index (χ4v) is 1.53. The van der Waals surface area contributed by atoms with Gasteiger partial charge in [-0.15, -0.1) is 0 Å². The summed E-state index contributed by atoms with van der Waals surface area (Å²) in [5.74, 6) is 1.13. The molecule has 0 aliphatic carbocycles. The molecule has 2 nitrogen and oxygen atoms in total. The lowest BCUT2D eigenvalue weighted by Crippen LogP contribution is -1.96. The van der Waals surface area contributed by atoms with Crippen LogP contribution in [0.1, 0.15) is 46.0 Å². The van der Waals surface area contributed by atoms with Crippen LogP contribution in [-0.4, -0.2) is 14.5 Å². The first-order chi connectivity index (χ1) is 5.66. The summed E-state index contributed by atoms with van der Waals surface area (Å²) in [5.41, 5.74) is 0. The van der Waals surface area contributed by atoms with E-state index >= 15 is 0 Å². The van der Waals surface area contributed by atoms with Crippen LogP contribution in [0.4, 0.5) is 0 Å². The monoisotopic (exact) mass is 191 g/mol. The molecule has 0 bridgehead atoms. The molecule has 2 unspecified atom stereocenters. The second-order valence-corrected chi connectivity index (χ2v) is 4.39. The highest BCUT2D eigenvalue weighted by Gasteiger charge is 1.97. The van der Waals surface area contributed by atoms with Crippen molar-refractivity contribution in [3.63, 3.8) is 0 Å². The van der Waals surface area contributed by atoms with Gasteiger partial charge in [0, 0.05) is 5.75 Å². The second-order valence-electron chi connectivity index (χ2n) is 3.37. The van der Waals surface area contributed by atoms with Crippen LogP contribution in [0.3, 0.4) is 0 Å². The van der Waals surface area contributed by atoms with Crippen molar-refractivity contribution in [2.45, 2.75) is 46.0 Å². The summed E-state index contributed by atoms with van der Waals surface area (Å²) < 4.78 is 20.3. The average Bonchev–Trinajstić information content (AvgIpc) is 2.03. The van der Waals surface area contributed by atoms with Crippen LogP contribution in [0.5, 0.6) is 0 Å². The minimum Gasteiger partial charge on any atom is -0.772 e. The van der Waals surface area contributed by atoms with E-state index in [9.17, 15) is 8.76 Å². The molecule has 12 heavy (non-hydrogen) atoms. The van der Waals surface area contributed by atoms with Crippen molar-refractivity contribution in [1.29, 1.82) is 0 Å². The van der Waals surface area contributed by atoms with Gasteiger partial charge in [0.15, 0.2) is 0 Å². The first kappa shape index (κ1) is 12.1. The van der Waals surface area contributed by atoms with Gasteiger partial charge in [-0.05, 0) is 12.3 Å². The van der Waals surface area contributed by atoms with E-state index < -0.39 is 11.1 Å². The van der Waals surface area contributed by atoms with Crippen molar-refractivity contribution in [3.8, 4) is 0 Å². The van der Waals surface area contributed by atoms with E-state index in [0.717, 1.165) is 18.8 Å². The first-order valence-electron chi connectivity index (χ1n) is 4.72. The van der Waals surface area contributed by atoms with E-state index in [-0.39, 0.29) is 0 Å². The Bertz CT molecular complexity index is 126. The van der Waals surface area contributed by atoms with Gasteiger partial charge in [0.1, 0.15) is 0 Å². The Labute approximate surface area is 78.0 Å². The van der Waals surface area contributed by atoms with E-state index in [1.807, 2.05) is 0 Å². The predicted molar refractivity (Wildman–Crippen MR) is 51.7 cm³/mol. The number of rotatable bonds is 7. The fraction of sp³-hybridized carbons (Fsp3) is 1.00. The normalized spacial score (nSPS) is 15.9. The topological polar surface area (TPSA) is 40.1 Å². The maximum Gasteiger partial charge on any atom is 0.0102 e. The molecule has 0 amide bonds. The quantitative estimate of drug-likeness (QED) is 0.458. The summed E-state index contributed by atoms with van der Waals surface area (Å²) in [6.07, 6.45) is 5.52. The molecule has 0 N–H and O–H groups in total. The average molecular weight is 191 g/mol. The Morgan fingerprint density at radius 1 is 1.33 bits per heavy atom. The molecule has 0 rings (SSSR count). The maximum absolute atomic E-state index is 10.2. The molecule has 0 aliphatic heterocycles. The van der Waals surface area contributed by atoms with Crippen LogP contribution in [0, 0.1) is 5.92 Å². The van der Waals surface area contributed by atoms with Gasteiger partial charge in [-0.25, -0.2) is 0 Å². The molecule has 0 saturated carbocycles. The van der Waals surface area contributed by atoms with E-state index in [1.54, 1.807) is 0 Å². The molecule has 0 saturated heterocycles. The summed E-state index contributed by atoms with van der Waals surface area (Å²) in [5, 5.41) is 0. The van der Waals surface area contributed by atoms with E-state index in [1.165, 1.54) is 19.3 Å². The largest absolute Gasteiger partial charge is 0.772 e. The highest BCUT2D eigenvalue weighted by Crippen LogP contribution is 2.11. The molecule has 2 atom stereocenters. The molecule has 0 aromatic heterocycles. The Kier molecular flexibility index (Phi) is 7.81. The van der Waals surface area contributed by atoms with Gasteiger partial charge in [0.25, 0.3) is 0 Å². The van der Waals surface area contributed by atoms with Gasteiger partial charge in [-0.2, -0.15) is 0 Å². The standard InChI is InChI=1S/C9H20O2S/c1-3-9(2)7-5-4-6-8-12(10)11/h9H,3-8H2,1-2H3,(H,10,11)/p-1. The van der Waals surface area contributed by atoms with Gasteiger partial charge >= 0.3 is 0 Å². The number of hydrogen-bond acceptors (Lipinski definition) is 2. The van der Waals surface area contributed by atoms with E-state index in [2.05, 4.69) is 13.8 Å². The number of hydrogen-bond donors (Lipinski definition) is 0. The van der Waals surface area contributed by atoms with Crippen LogP contribution in [0.15, 0.2) is 0 Å². The van der Waals surface area contributed by atoms with Crippen LogP contribution in [0.25, 0.3) is 0 Å². The van der Waals surface area contributed by atoms with Gasteiger partial charge in [0.05, 0.1) is 0 Å². The van der Waals surface area contributed by atoms with Gasteiger partial charge in [-0.3, -0.25) is 4.21 Å². The van der Waals surface area contributed by atoms with Crippen molar-refractivity contribution in [3.05, 3.63) is 0 Å². The smallest absolute Gasteiger partial charge is 0.0102 e. The Balaban J connectivity index is 3.05. The zero-order valence-electron chi connectivity index (χ0n) is 8.04. The third-order valence-electron chi connectivity index (χ3n) is 2.20. The summed E-state index contributed by atoms with van der Waals surface area (Å²) >= 11 is -1.83. The van der Waals surface area contributed by atoms with Crippen molar-refractivity contribution >= 4 is 11.1 Å². The second kappa shape index (κ2) is 7.74. The Morgan fingerprint density at radius 3 is 2.50 bits per heavy atom. The van der Waals surface area contributed by atoms with Gasteiger partial charge in [-0.1, -0.05) is 50.6 Å². The minimum atomic E-state index is -1.83. The lowest BCUT2D eigenvalue weighted by molar-refractivity contribution is 0.480. The molecule has 0 radical (unpaired) electrons. The van der Waals surface area contributed by atoms with E-state index in [4.69, 9.17) is 0 Å². The molecule has 0 aromatic carbocycles. The lowest BCUT2D eigenvalue weighted by Gasteiger charge is -2.08. The minimum absolute atomic E-state index is 0.334. The molecule has 0 aliphatic rings. The Hall–Kier alpha value is 0.110. The fourth-order valence-electron chi connectivity index (χ4n) is 1.09. The van der Waals surface area contributed by atoms with Crippen LogP contribution >= 0.6 is 0 Å². The maximum atomic E-state index is 10.2. The highest BCUT2D eigenvalue weighted by molar-refractivity contribution is 7.79. The molecule has 3 heteroatoms. The molecule has 0 fully saturated rings. The molecule has 0 aromatic rings. The van der Waals surface area contributed by atoms with Crippen molar-refractivity contribution in [2.75, 3.05) is 5.75 Å². The van der Waals surface area contributed by atoms with Gasteiger partial charge in [0.2, 0.25) is 0 Å². The summed E-state index contributed by atoms with van der Waals surface area (Å²) in [6.45, 7) is 4.43. The summed E-state index contributed by atoms with van der Waals surface area (Å²) in [4.78, 5) is 0. The molecular formula is C9H19O2S-. The molecular weight excluding hydrogens is 172 g/mol. The van der Waals surface area contributed by atoms with E-state index in [0.29, 0.717) is 5.75 Å². The lowest BCUT2D eigenvalue weighted by atomic mass is 10.0. The zero-order valence-corrected chi connectivity index (χ0v) is 8.86. The van der Waals surface area contributed by atoms with Crippen LogP contribution in [-0.2, 0) is 11.1 Å². The van der Waals surface area contributed by atoms with Crippen molar-refractivity contribution < 1.29 is 8.76 Å². The van der Waals surface area contributed by atoms with Gasteiger partial charge < -0.3 is 4.55 Å². The third kappa shape index (κ3) is 8.21. The number of unbranched alkanes of at least 4 members (excludes halogenated alkanes) is 2. The third-order valence-corrected chi connectivity index (χ3v) is 2.83. The molecule has 0 spiro atoms. The predicted octanol–water partition coefficient (Wildman–Crippen LogP) is 2.47. The highest BCUT2D eigenvalue weighted by atomic mass is 32.2. The zero-order chi connectivity index (χ0) is 9.40. The SMILES string of the molecule is CCC(C)CCCCCS(=O)[O-]. The Morgan fingerprint density at radius 2 is 2.00 bits per heavy atom. The van der Waals surface area contributed by atoms with Crippen molar-refractivity contribution in [1.82, 2.24) is 0 Å². The van der Waals surface area contributed by atoms with Crippen LogP contribution in [0.2, 0.25) is 0 Å². The molecule has 74 valence electrons. The van der Waals surface area contributed by atoms with Crippen molar-refractivity contribution in [2.24, 2.45) is 5.92 Å². The first-order valence-corrected chi connectivity index (χ1v) is 5.97. The summed E-state index contributed by atoms with van der Waals surface area (Å²) in [7, 11) is 0. The summed E-state index contributed by atoms with van der Waals surface area (Å²) in [6, 6.07) is 0. The van der Waals surface area contributed by atoms with Crippen LogP contribution < -0.4 is 0 Å².